The third kappa shape index (κ3) is 1.03. The van der Waals surface area contributed by atoms with E-state index in [0.29, 0.717) is 0 Å². The van der Waals surface area contributed by atoms with E-state index in [9.17, 15) is 0 Å². The van der Waals surface area contributed by atoms with Crippen molar-refractivity contribution in [1.82, 2.24) is 0 Å². The largest absolute Gasteiger partial charge is 0.0888 e. The van der Waals surface area contributed by atoms with Crippen molar-refractivity contribution in [2.75, 3.05) is 0 Å². The third-order valence-corrected chi connectivity index (χ3v) is 4.58. The smallest absolute Gasteiger partial charge is 0.0174 e. The minimum Gasteiger partial charge on any atom is -0.0888 e. The molecule has 0 heterocycles. The number of fused-ring (bicyclic) bond motifs is 1. The molecule has 4 atom stereocenters. The van der Waals surface area contributed by atoms with Gasteiger partial charge >= 0.3 is 0 Å². The number of hydrogen-bond acceptors (Lipinski definition) is 0. The highest BCUT2D eigenvalue weighted by Gasteiger charge is 2.49. The summed E-state index contributed by atoms with van der Waals surface area (Å²) < 4.78 is 0. The van der Waals surface area contributed by atoms with Crippen LogP contribution in [0.4, 0.5) is 0 Å². The Bertz CT molecular complexity index is 133. The van der Waals surface area contributed by atoms with Crippen molar-refractivity contribution in [3.8, 4) is 0 Å². The molecule has 0 aromatic carbocycles. The quantitative estimate of drug-likeness (QED) is 0.604. The van der Waals surface area contributed by atoms with E-state index in [0.717, 1.165) is 22.6 Å². The van der Waals surface area contributed by atoms with Crippen LogP contribution in [0.2, 0.25) is 0 Å². The molecule has 58 valence electrons. The first-order valence-electron chi connectivity index (χ1n) is 4.47. The normalized spacial score (nSPS) is 46.8. The van der Waals surface area contributed by atoms with Gasteiger partial charge in [0.2, 0.25) is 0 Å². The van der Waals surface area contributed by atoms with Gasteiger partial charge in [0.15, 0.2) is 0 Å². The second-order valence-corrected chi connectivity index (χ2v) is 5.00. The monoisotopic (exact) mass is 202 g/mol. The second kappa shape index (κ2) is 2.51. The fraction of sp³-hybridized carbons (Fsp3) is 1.00. The van der Waals surface area contributed by atoms with Crippen LogP contribution >= 0.6 is 15.9 Å². The molecule has 0 aromatic rings. The summed E-state index contributed by atoms with van der Waals surface area (Å²) in [6.07, 6.45) is 5.89. The van der Waals surface area contributed by atoms with Crippen molar-refractivity contribution in [2.24, 2.45) is 17.8 Å². The number of rotatable bonds is 2. The van der Waals surface area contributed by atoms with E-state index in [1.165, 1.54) is 19.3 Å². The average Bonchev–Trinajstić information content (AvgIpc) is 2.62. The van der Waals surface area contributed by atoms with Crippen LogP contribution < -0.4 is 0 Å². The Labute approximate surface area is 71.5 Å². The van der Waals surface area contributed by atoms with Crippen LogP contribution in [0, 0.1) is 17.8 Å². The van der Waals surface area contributed by atoms with Gasteiger partial charge in [0.25, 0.3) is 0 Å². The number of hydrogen-bond donors (Lipinski definition) is 0. The third-order valence-electron chi connectivity index (χ3n) is 3.25. The summed E-state index contributed by atoms with van der Waals surface area (Å²) in [6, 6.07) is 0. The van der Waals surface area contributed by atoms with E-state index in [4.69, 9.17) is 0 Å². The second-order valence-electron chi connectivity index (χ2n) is 3.83. The van der Waals surface area contributed by atoms with Crippen molar-refractivity contribution in [3.05, 3.63) is 0 Å². The average molecular weight is 203 g/mol. The molecule has 2 fully saturated rings. The molecule has 0 bridgehead atoms. The van der Waals surface area contributed by atoms with Crippen LogP contribution in [-0.2, 0) is 0 Å². The Morgan fingerprint density at radius 1 is 1.50 bits per heavy atom. The first kappa shape index (κ1) is 7.15. The lowest BCUT2D eigenvalue weighted by Crippen LogP contribution is -2.12. The summed E-state index contributed by atoms with van der Waals surface area (Å²) in [5.74, 6) is 3.32. The summed E-state index contributed by atoms with van der Waals surface area (Å²) in [6.45, 7) is 2.29. The molecule has 10 heavy (non-hydrogen) atoms. The van der Waals surface area contributed by atoms with Gasteiger partial charge in [0, 0.05) is 4.83 Å². The zero-order valence-electron chi connectivity index (χ0n) is 6.52. The molecule has 0 spiro atoms. The molecule has 0 N–H and O–H groups in total. The van der Waals surface area contributed by atoms with Gasteiger partial charge in [-0.05, 0) is 43.4 Å². The van der Waals surface area contributed by atoms with Gasteiger partial charge in [-0.3, -0.25) is 0 Å². The molecule has 0 aliphatic heterocycles. The summed E-state index contributed by atoms with van der Waals surface area (Å²) in [4.78, 5) is 0.824. The molecule has 2 aliphatic rings. The summed E-state index contributed by atoms with van der Waals surface area (Å²) in [7, 11) is 0. The molecule has 0 nitrogen and oxygen atoms in total. The van der Waals surface area contributed by atoms with Gasteiger partial charge < -0.3 is 0 Å². The van der Waals surface area contributed by atoms with Crippen LogP contribution in [-0.4, -0.2) is 4.83 Å². The maximum Gasteiger partial charge on any atom is 0.0174 e. The highest BCUT2D eigenvalue weighted by atomic mass is 79.9. The predicted octanol–water partition coefficient (Wildman–Crippen LogP) is 3.21. The lowest BCUT2D eigenvalue weighted by Gasteiger charge is -2.16. The van der Waals surface area contributed by atoms with Crippen LogP contribution in [0.1, 0.15) is 32.6 Å². The molecule has 2 aliphatic carbocycles. The Kier molecular flexibility index (Phi) is 1.79. The summed E-state index contributed by atoms with van der Waals surface area (Å²) >= 11 is 3.77. The predicted molar refractivity (Wildman–Crippen MR) is 47.3 cm³/mol. The van der Waals surface area contributed by atoms with Gasteiger partial charge in [-0.1, -0.05) is 22.9 Å². The number of alkyl halides is 1. The molecule has 4 unspecified atom stereocenters. The van der Waals surface area contributed by atoms with Crippen molar-refractivity contribution < 1.29 is 0 Å². The van der Waals surface area contributed by atoms with Gasteiger partial charge in [0.05, 0.1) is 0 Å². The van der Waals surface area contributed by atoms with Crippen molar-refractivity contribution >= 4 is 15.9 Å². The van der Waals surface area contributed by atoms with Crippen LogP contribution in [0.3, 0.4) is 0 Å². The van der Waals surface area contributed by atoms with Gasteiger partial charge in [0.1, 0.15) is 0 Å². The van der Waals surface area contributed by atoms with Gasteiger partial charge in [-0.2, -0.15) is 0 Å². The lowest BCUT2D eigenvalue weighted by molar-refractivity contribution is 0.458. The van der Waals surface area contributed by atoms with E-state index in [-0.39, 0.29) is 0 Å². The first-order valence-corrected chi connectivity index (χ1v) is 5.38. The van der Waals surface area contributed by atoms with Crippen LogP contribution in [0.5, 0.6) is 0 Å². The van der Waals surface area contributed by atoms with Gasteiger partial charge in [-0.25, -0.2) is 0 Å². The summed E-state index contributed by atoms with van der Waals surface area (Å²) in [5.41, 5.74) is 0. The minimum atomic E-state index is 0.824. The topological polar surface area (TPSA) is 0 Å². The zero-order valence-corrected chi connectivity index (χ0v) is 8.10. The van der Waals surface area contributed by atoms with E-state index in [1.54, 1.807) is 6.42 Å². The van der Waals surface area contributed by atoms with E-state index in [1.807, 2.05) is 0 Å². The fourth-order valence-electron chi connectivity index (χ4n) is 2.50. The van der Waals surface area contributed by atoms with Crippen molar-refractivity contribution in [2.45, 2.75) is 37.4 Å². The van der Waals surface area contributed by atoms with Crippen molar-refractivity contribution in [1.29, 1.82) is 0 Å². The first-order chi connectivity index (χ1) is 4.83. The Balaban J connectivity index is 1.92. The molecule has 1 heteroatoms. The molecule has 0 radical (unpaired) electrons. The van der Waals surface area contributed by atoms with E-state index in [2.05, 4.69) is 22.9 Å². The van der Waals surface area contributed by atoms with Gasteiger partial charge in [-0.15, -0.1) is 0 Å². The van der Waals surface area contributed by atoms with Crippen LogP contribution in [0.25, 0.3) is 0 Å². The van der Waals surface area contributed by atoms with E-state index >= 15 is 0 Å². The summed E-state index contributed by atoms with van der Waals surface area (Å²) in [5, 5.41) is 0. The highest BCUT2D eigenvalue weighted by Crippen LogP contribution is 2.57. The number of halogens is 1. The minimum absolute atomic E-state index is 0.824. The molecule has 2 rings (SSSR count). The zero-order chi connectivity index (χ0) is 7.14. The van der Waals surface area contributed by atoms with E-state index < -0.39 is 0 Å². The Morgan fingerprint density at radius 2 is 2.30 bits per heavy atom. The molecular formula is C9H15Br. The maximum atomic E-state index is 3.77. The highest BCUT2D eigenvalue weighted by molar-refractivity contribution is 9.09. The van der Waals surface area contributed by atoms with Crippen LogP contribution in [0.15, 0.2) is 0 Å². The SMILES string of the molecule is CCC(Br)C1CCC2CC21. The van der Waals surface area contributed by atoms with Crippen molar-refractivity contribution in [3.63, 3.8) is 0 Å². The lowest BCUT2D eigenvalue weighted by atomic mass is 9.98. The molecule has 0 aromatic heterocycles. The molecular weight excluding hydrogens is 188 g/mol. The molecule has 0 saturated heterocycles. The molecule has 0 amide bonds. The Hall–Kier alpha value is 0.480. The maximum absolute atomic E-state index is 3.77. The molecule has 2 saturated carbocycles. The standard InChI is InChI=1S/C9H15Br/c1-2-9(10)7-4-3-6-5-8(6)7/h6-9H,2-5H2,1H3. The Morgan fingerprint density at radius 3 is 2.70 bits per heavy atom. The fourth-order valence-corrected chi connectivity index (χ4v) is 3.16.